The van der Waals surface area contributed by atoms with E-state index >= 15 is 0 Å². The van der Waals surface area contributed by atoms with Crippen molar-refractivity contribution in [3.05, 3.63) is 59.5 Å². The molecule has 25 heavy (non-hydrogen) atoms. The molecule has 0 fully saturated rings. The zero-order chi connectivity index (χ0) is 17.8. The van der Waals surface area contributed by atoms with Crippen LogP contribution >= 0.6 is 34.9 Å². The van der Waals surface area contributed by atoms with Crippen LogP contribution in [0.5, 0.6) is 0 Å². The maximum Gasteiger partial charge on any atom is 0.0424 e. The molecule has 3 rings (SSSR count). The number of hydrogen-bond donors (Lipinski definition) is 0. The van der Waals surface area contributed by atoms with Gasteiger partial charge in [0.05, 0.1) is 0 Å². The van der Waals surface area contributed by atoms with Crippen LogP contribution in [0, 0.1) is 0 Å². The summed E-state index contributed by atoms with van der Waals surface area (Å²) in [4.78, 5) is 7.60. The Morgan fingerprint density at radius 2 is 1.32 bits per heavy atom. The molecule has 0 amide bonds. The molecule has 4 heteroatoms. The van der Waals surface area contributed by atoms with Crippen molar-refractivity contribution >= 4 is 34.9 Å². The first-order valence-corrected chi connectivity index (χ1v) is 11.4. The third-order valence-electron chi connectivity index (χ3n) is 4.01. The molecule has 0 radical (unpaired) electrons. The first-order valence-electron chi connectivity index (χ1n) is 8.17. The quantitative estimate of drug-likeness (QED) is 0.441. The fourth-order valence-corrected chi connectivity index (χ4v) is 4.89. The van der Waals surface area contributed by atoms with Gasteiger partial charge in [-0.2, -0.15) is 0 Å². The largest absolute Gasteiger partial charge is 0.304 e. The van der Waals surface area contributed by atoms with E-state index in [9.17, 15) is 0 Å². The topological polar surface area (TPSA) is 3.24 Å². The Kier molecular flexibility index (Phi) is 6.29. The lowest BCUT2D eigenvalue weighted by molar-refractivity contribution is 0.406. The van der Waals surface area contributed by atoms with Gasteiger partial charge in [-0.05, 0) is 68.1 Å². The van der Waals surface area contributed by atoms with Gasteiger partial charge in [0.25, 0.3) is 0 Å². The molecule has 1 aromatic heterocycles. The number of benzene rings is 2. The van der Waals surface area contributed by atoms with Crippen LogP contribution < -0.4 is 0 Å². The van der Waals surface area contributed by atoms with E-state index in [1.807, 2.05) is 11.3 Å². The SMILES string of the molecule is CSc1ccc(-c2cc(CN(C)C)sc2-c2ccc(SC)cc2)cc1. The van der Waals surface area contributed by atoms with Crippen molar-refractivity contribution in [2.24, 2.45) is 0 Å². The summed E-state index contributed by atoms with van der Waals surface area (Å²) in [5.74, 6) is 0. The van der Waals surface area contributed by atoms with Crippen LogP contribution in [0.1, 0.15) is 4.88 Å². The van der Waals surface area contributed by atoms with Crippen LogP contribution in [-0.2, 0) is 6.54 Å². The Hall–Kier alpha value is -1.20. The van der Waals surface area contributed by atoms with Gasteiger partial charge in [-0.1, -0.05) is 24.3 Å². The predicted octanol–water partition coefficient (Wildman–Crippen LogP) is 6.59. The van der Waals surface area contributed by atoms with Crippen molar-refractivity contribution in [2.75, 3.05) is 26.6 Å². The van der Waals surface area contributed by atoms with E-state index in [0.717, 1.165) is 6.54 Å². The van der Waals surface area contributed by atoms with Crippen LogP contribution in [-0.4, -0.2) is 31.5 Å². The van der Waals surface area contributed by atoms with Crippen LogP contribution in [0.2, 0.25) is 0 Å². The Balaban J connectivity index is 2.05. The fourth-order valence-electron chi connectivity index (χ4n) is 2.77. The average Bonchev–Trinajstić information content (AvgIpc) is 3.05. The lowest BCUT2D eigenvalue weighted by atomic mass is 10.0. The summed E-state index contributed by atoms with van der Waals surface area (Å²) in [5, 5.41) is 0. The summed E-state index contributed by atoms with van der Waals surface area (Å²) in [6, 6.07) is 20.2. The zero-order valence-electron chi connectivity index (χ0n) is 15.1. The second-order valence-electron chi connectivity index (χ2n) is 6.15. The van der Waals surface area contributed by atoms with E-state index in [1.54, 1.807) is 23.5 Å². The number of thiophene rings is 1. The summed E-state index contributed by atoms with van der Waals surface area (Å²) < 4.78 is 0. The first-order chi connectivity index (χ1) is 12.1. The smallest absolute Gasteiger partial charge is 0.0424 e. The summed E-state index contributed by atoms with van der Waals surface area (Å²) >= 11 is 5.48. The minimum absolute atomic E-state index is 0.976. The molecule has 0 spiro atoms. The van der Waals surface area contributed by atoms with Gasteiger partial charge in [-0.15, -0.1) is 34.9 Å². The standard InChI is InChI=1S/C21H23NS3/c1-22(2)14-19-13-20(15-5-9-17(23-3)10-6-15)21(25-19)16-7-11-18(24-4)12-8-16/h5-13H,14H2,1-4H3. The monoisotopic (exact) mass is 385 g/mol. The molecule has 0 aliphatic carbocycles. The van der Waals surface area contributed by atoms with E-state index in [1.165, 1.54) is 36.2 Å². The maximum atomic E-state index is 2.36. The average molecular weight is 386 g/mol. The van der Waals surface area contributed by atoms with Crippen molar-refractivity contribution in [2.45, 2.75) is 16.3 Å². The molecule has 0 aliphatic rings. The third-order valence-corrected chi connectivity index (χ3v) is 6.66. The Morgan fingerprint density at radius 1 is 0.800 bits per heavy atom. The summed E-state index contributed by atoms with van der Waals surface area (Å²) in [7, 11) is 4.25. The molecule has 1 heterocycles. The van der Waals surface area contributed by atoms with Crippen molar-refractivity contribution in [3.63, 3.8) is 0 Å². The second kappa shape index (κ2) is 8.45. The third kappa shape index (κ3) is 4.50. The number of hydrogen-bond acceptors (Lipinski definition) is 4. The summed E-state index contributed by atoms with van der Waals surface area (Å²) in [6.45, 7) is 0.976. The fraction of sp³-hybridized carbons (Fsp3) is 0.238. The maximum absolute atomic E-state index is 2.36. The van der Waals surface area contributed by atoms with E-state index in [0.29, 0.717) is 0 Å². The minimum atomic E-state index is 0.976. The summed E-state index contributed by atoms with van der Waals surface area (Å²) in [6.07, 6.45) is 4.24. The van der Waals surface area contributed by atoms with Gasteiger partial charge in [0, 0.05) is 31.7 Å². The van der Waals surface area contributed by atoms with Crippen LogP contribution in [0.3, 0.4) is 0 Å². The predicted molar refractivity (Wildman–Crippen MR) is 116 cm³/mol. The molecular weight excluding hydrogens is 362 g/mol. The molecule has 1 nitrogen and oxygen atoms in total. The first kappa shape index (κ1) is 18.6. The number of nitrogens with zero attached hydrogens (tertiary/aromatic N) is 1. The van der Waals surface area contributed by atoms with Crippen molar-refractivity contribution < 1.29 is 0 Å². The summed E-state index contributed by atoms with van der Waals surface area (Å²) in [5.41, 5.74) is 3.94. The van der Waals surface area contributed by atoms with Gasteiger partial charge in [-0.3, -0.25) is 0 Å². The molecule has 0 unspecified atom stereocenters. The lowest BCUT2D eigenvalue weighted by Crippen LogP contribution is -2.09. The Morgan fingerprint density at radius 3 is 1.80 bits per heavy atom. The minimum Gasteiger partial charge on any atom is -0.304 e. The highest BCUT2D eigenvalue weighted by molar-refractivity contribution is 7.98. The second-order valence-corrected chi connectivity index (χ2v) is 9.05. The molecule has 0 saturated heterocycles. The van der Waals surface area contributed by atoms with Crippen LogP contribution in [0.4, 0.5) is 0 Å². The zero-order valence-corrected chi connectivity index (χ0v) is 17.5. The van der Waals surface area contributed by atoms with Gasteiger partial charge in [0.15, 0.2) is 0 Å². The lowest BCUT2D eigenvalue weighted by Gasteiger charge is -2.06. The Labute approximate surface area is 163 Å². The molecule has 0 aliphatic heterocycles. The van der Waals surface area contributed by atoms with Crippen LogP contribution in [0.25, 0.3) is 21.6 Å². The number of thioether (sulfide) groups is 2. The highest BCUT2D eigenvalue weighted by Crippen LogP contribution is 2.40. The van der Waals surface area contributed by atoms with E-state index in [-0.39, 0.29) is 0 Å². The van der Waals surface area contributed by atoms with Crippen molar-refractivity contribution in [1.82, 2.24) is 4.90 Å². The molecule has 130 valence electrons. The van der Waals surface area contributed by atoms with Crippen molar-refractivity contribution in [1.29, 1.82) is 0 Å². The van der Waals surface area contributed by atoms with Crippen LogP contribution in [0.15, 0.2) is 64.4 Å². The van der Waals surface area contributed by atoms with Gasteiger partial charge >= 0.3 is 0 Å². The molecule has 0 bridgehead atoms. The van der Waals surface area contributed by atoms with E-state index < -0.39 is 0 Å². The normalized spacial score (nSPS) is 11.2. The molecule has 3 aromatic rings. The van der Waals surface area contributed by atoms with Crippen molar-refractivity contribution in [3.8, 4) is 21.6 Å². The van der Waals surface area contributed by atoms with Gasteiger partial charge < -0.3 is 4.90 Å². The van der Waals surface area contributed by atoms with E-state index in [2.05, 4.69) is 86.1 Å². The van der Waals surface area contributed by atoms with Gasteiger partial charge in [-0.25, -0.2) is 0 Å². The van der Waals surface area contributed by atoms with Gasteiger partial charge in [0.1, 0.15) is 0 Å². The van der Waals surface area contributed by atoms with E-state index in [4.69, 9.17) is 0 Å². The molecule has 2 aromatic carbocycles. The molecule has 0 atom stereocenters. The number of rotatable bonds is 6. The van der Waals surface area contributed by atoms with Gasteiger partial charge in [0.2, 0.25) is 0 Å². The Bertz CT molecular complexity index is 752. The highest BCUT2D eigenvalue weighted by atomic mass is 32.2. The molecule has 0 saturated carbocycles. The highest BCUT2D eigenvalue weighted by Gasteiger charge is 2.13. The molecule has 0 N–H and O–H groups in total. The molecular formula is C21H23NS3.